The fourth-order valence-electron chi connectivity index (χ4n) is 2.89. The maximum Gasteiger partial charge on any atom is 0.346 e. The number of nitrogens with two attached hydrogens (primary N) is 1. The largest absolute Gasteiger partial charge is 0.385 e. The highest BCUT2D eigenvalue weighted by Gasteiger charge is 2.44. The molecule has 21 heavy (non-hydrogen) atoms. The predicted molar refractivity (Wildman–Crippen MR) is 84.1 cm³/mol. The molecule has 0 bridgehead atoms. The molecular weight excluding hydrogens is 332 g/mol. The molecule has 4 rings (SSSR count). The van der Waals surface area contributed by atoms with Gasteiger partial charge in [0, 0.05) is 27.7 Å². The third-order valence-corrected chi connectivity index (χ3v) is 4.68. The molecule has 1 saturated carbocycles. The standard InChI is InChI=1S/C15H13BrN4O/c16-11-6-5-10(12-9(11)2-1-7-18-12)13-14(17)19-15(21)20(13)8-3-4-8/h1-2,5-8,13H,3-4H2,(H2,17,19,21). The van der Waals surface area contributed by atoms with Crippen molar-refractivity contribution in [3.8, 4) is 0 Å². The average molecular weight is 345 g/mol. The number of aliphatic imine (C=N–C) groups is 1. The van der Waals surface area contributed by atoms with Gasteiger partial charge in [-0.05, 0) is 25.0 Å². The second kappa shape index (κ2) is 4.53. The summed E-state index contributed by atoms with van der Waals surface area (Å²) in [5, 5.41) is 1.01. The number of benzene rings is 1. The van der Waals surface area contributed by atoms with Gasteiger partial charge in [-0.2, -0.15) is 4.99 Å². The van der Waals surface area contributed by atoms with Crippen LogP contribution < -0.4 is 5.73 Å². The van der Waals surface area contributed by atoms with Gasteiger partial charge in [-0.3, -0.25) is 4.98 Å². The summed E-state index contributed by atoms with van der Waals surface area (Å²) >= 11 is 3.54. The quantitative estimate of drug-likeness (QED) is 0.910. The highest BCUT2D eigenvalue weighted by atomic mass is 79.9. The molecule has 2 N–H and O–H groups in total. The van der Waals surface area contributed by atoms with E-state index in [2.05, 4.69) is 25.9 Å². The van der Waals surface area contributed by atoms with Gasteiger partial charge < -0.3 is 10.6 Å². The van der Waals surface area contributed by atoms with E-state index in [-0.39, 0.29) is 18.1 Å². The molecule has 1 aliphatic heterocycles. The zero-order chi connectivity index (χ0) is 14.6. The van der Waals surface area contributed by atoms with Crippen LogP contribution in [0.25, 0.3) is 10.9 Å². The van der Waals surface area contributed by atoms with E-state index in [0.717, 1.165) is 33.8 Å². The van der Waals surface area contributed by atoms with Crippen molar-refractivity contribution in [1.82, 2.24) is 9.88 Å². The van der Waals surface area contributed by atoms with E-state index in [9.17, 15) is 4.79 Å². The van der Waals surface area contributed by atoms with Gasteiger partial charge in [0.2, 0.25) is 0 Å². The normalized spacial score (nSPS) is 22.0. The lowest BCUT2D eigenvalue weighted by Gasteiger charge is -2.25. The first kappa shape index (κ1) is 12.8. The van der Waals surface area contributed by atoms with Crippen molar-refractivity contribution in [3.05, 3.63) is 40.5 Å². The number of amidine groups is 1. The van der Waals surface area contributed by atoms with Crippen LogP contribution in [0, 0.1) is 0 Å². The van der Waals surface area contributed by atoms with Gasteiger partial charge in [0.25, 0.3) is 0 Å². The van der Waals surface area contributed by atoms with Crippen molar-refractivity contribution in [2.45, 2.75) is 24.9 Å². The van der Waals surface area contributed by atoms with Crippen molar-refractivity contribution in [2.24, 2.45) is 10.7 Å². The zero-order valence-electron chi connectivity index (χ0n) is 11.2. The van der Waals surface area contributed by atoms with Gasteiger partial charge in [0.15, 0.2) is 0 Å². The molecule has 1 aromatic carbocycles. The number of pyridine rings is 1. The first-order valence-electron chi connectivity index (χ1n) is 6.86. The van der Waals surface area contributed by atoms with Crippen LogP contribution in [-0.2, 0) is 0 Å². The molecule has 2 amide bonds. The lowest BCUT2D eigenvalue weighted by molar-refractivity contribution is 0.203. The molecule has 0 radical (unpaired) electrons. The van der Waals surface area contributed by atoms with E-state index >= 15 is 0 Å². The van der Waals surface area contributed by atoms with Gasteiger partial charge in [-0.15, -0.1) is 0 Å². The van der Waals surface area contributed by atoms with E-state index in [1.807, 2.05) is 24.3 Å². The predicted octanol–water partition coefficient (Wildman–Crippen LogP) is 2.99. The highest BCUT2D eigenvalue weighted by Crippen LogP contribution is 2.40. The second-order valence-electron chi connectivity index (χ2n) is 5.40. The molecule has 6 heteroatoms. The summed E-state index contributed by atoms with van der Waals surface area (Å²) in [6.45, 7) is 0. The first-order valence-corrected chi connectivity index (χ1v) is 7.65. The van der Waals surface area contributed by atoms with Gasteiger partial charge in [0.1, 0.15) is 11.9 Å². The Hall–Kier alpha value is -1.95. The van der Waals surface area contributed by atoms with E-state index < -0.39 is 0 Å². The molecule has 1 aliphatic carbocycles. The minimum Gasteiger partial charge on any atom is -0.385 e. The SMILES string of the molecule is NC1=NC(=O)N(C2CC2)C1c1ccc(Br)c2cccnc12. The number of hydrogen-bond acceptors (Lipinski definition) is 3. The second-order valence-corrected chi connectivity index (χ2v) is 6.25. The fourth-order valence-corrected chi connectivity index (χ4v) is 3.34. The maximum atomic E-state index is 12.1. The van der Waals surface area contributed by atoms with Crippen molar-refractivity contribution in [2.75, 3.05) is 0 Å². The number of aromatic nitrogens is 1. The first-order chi connectivity index (χ1) is 10.2. The smallest absolute Gasteiger partial charge is 0.346 e. The fraction of sp³-hybridized carbons (Fsp3) is 0.267. The summed E-state index contributed by atoms with van der Waals surface area (Å²) in [5.41, 5.74) is 7.83. The number of carbonyl (C=O) groups is 1. The Morgan fingerprint density at radius 3 is 2.86 bits per heavy atom. The third kappa shape index (κ3) is 1.93. The Labute approximate surface area is 130 Å². The topological polar surface area (TPSA) is 71.6 Å². The van der Waals surface area contributed by atoms with Crippen molar-refractivity contribution in [1.29, 1.82) is 0 Å². The van der Waals surface area contributed by atoms with Crippen molar-refractivity contribution in [3.63, 3.8) is 0 Å². The molecule has 0 saturated heterocycles. The van der Waals surface area contributed by atoms with E-state index in [4.69, 9.17) is 5.73 Å². The van der Waals surface area contributed by atoms with Gasteiger partial charge in [-0.25, -0.2) is 4.79 Å². The Bertz CT molecular complexity index is 784. The molecule has 2 aromatic rings. The summed E-state index contributed by atoms with van der Waals surface area (Å²) in [5.74, 6) is 0.362. The number of carbonyl (C=O) groups excluding carboxylic acids is 1. The average Bonchev–Trinajstić information content (AvgIpc) is 3.26. The molecule has 5 nitrogen and oxygen atoms in total. The van der Waals surface area contributed by atoms with Crippen LogP contribution >= 0.6 is 15.9 Å². The van der Waals surface area contributed by atoms with Gasteiger partial charge in [-0.1, -0.05) is 28.1 Å². The number of urea groups is 1. The number of halogens is 1. The zero-order valence-corrected chi connectivity index (χ0v) is 12.7. The van der Waals surface area contributed by atoms with Crippen molar-refractivity contribution >= 4 is 38.7 Å². The summed E-state index contributed by atoms with van der Waals surface area (Å²) in [4.78, 5) is 22.3. The minimum absolute atomic E-state index is 0.230. The van der Waals surface area contributed by atoms with Gasteiger partial charge >= 0.3 is 6.03 Å². The molecule has 2 aliphatic rings. The third-order valence-electron chi connectivity index (χ3n) is 3.99. The Morgan fingerprint density at radius 1 is 1.29 bits per heavy atom. The number of fused-ring (bicyclic) bond motifs is 1. The number of nitrogens with zero attached hydrogens (tertiary/aromatic N) is 3. The summed E-state index contributed by atoms with van der Waals surface area (Å²) in [6.07, 6.45) is 3.80. The van der Waals surface area contributed by atoms with Gasteiger partial charge in [0.05, 0.1) is 5.52 Å². The molecular formula is C15H13BrN4O. The molecule has 0 spiro atoms. The molecule has 1 unspecified atom stereocenters. The van der Waals surface area contributed by atoms with E-state index in [0.29, 0.717) is 5.84 Å². The summed E-state index contributed by atoms with van der Waals surface area (Å²) in [7, 11) is 0. The maximum absolute atomic E-state index is 12.1. The number of rotatable bonds is 2. The molecule has 1 fully saturated rings. The van der Waals surface area contributed by atoms with Crippen LogP contribution in [0.15, 0.2) is 39.9 Å². The molecule has 106 valence electrons. The Kier molecular flexibility index (Phi) is 2.75. The van der Waals surface area contributed by atoms with Crippen LogP contribution in [0.5, 0.6) is 0 Å². The molecule has 2 heterocycles. The van der Waals surface area contributed by atoms with Crippen LogP contribution in [0.1, 0.15) is 24.4 Å². The molecule has 1 aromatic heterocycles. The van der Waals surface area contributed by atoms with E-state index in [1.165, 1.54) is 0 Å². The summed E-state index contributed by atoms with van der Waals surface area (Å²) in [6, 6.07) is 7.58. The lowest BCUT2D eigenvalue weighted by Crippen LogP contribution is -2.35. The minimum atomic E-state index is -0.296. The van der Waals surface area contributed by atoms with Crippen LogP contribution in [0.4, 0.5) is 4.79 Å². The molecule has 1 atom stereocenters. The summed E-state index contributed by atoms with van der Waals surface area (Å²) < 4.78 is 0.979. The lowest BCUT2D eigenvalue weighted by atomic mass is 10.0. The van der Waals surface area contributed by atoms with Crippen LogP contribution in [0.2, 0.25) is 0 Å². The number of amides is 2. The Morgan fingerprint density at radius 2 is 2.10 bits per heavy atom. The van der Waals surface area contributed by atoms with E-state index in [1.54, 1.807) is 11.1 Å². The Balaban J connectivity index is 1.91. The monoisotopic (exact) mass is 344 g/mol. The number of hydrogen-bond donors (Lipinski definition) is 1. The van der Waals surface area contributed by atoms with Crippen LogP contribution in [-0.4, -0.2) is 27.8 Å². The van der Waals surface area contributed by atoms with Crippen LogP contribution in [0.3, 0.4) is 0 Å². The van der Waals surface area contributed by atoms with Crippen molar-refractivity contribution < 1.29 is 4.79 Å². The highest BCUT2D eigenvalue weighted by molar-refractivity contribution is 9.10.